The number of halogens is 1. The Kier molecular flexibility index (Phi) is 3.77. The van der Waals surface area contributed by atoms with Gasteiger partial charge in [-0.05, 0) is 48.7 Å². The third-order valence-corrected chi connectivity index (χ3v) is 5.00. The summed E-state index contributed by atoms with van der Waals surface area (Å²) in [5.74, 6) is 0. The predicted molar refractivity (Wildman–Crippen MR) is 91.7 cm³/mol. The van der Waals surface area contributed by atoms with E-state index in [4.69, 9.17) is 4.42 Å². The topological polar surface area (TPSA) is 73.3 Å². The number of non-ortho nitro benzene ring substituents is 1. The van der Waals surface area contributed by atoms with Crippen molar-refractivity contribution in [2.75, 3.05) is 0 Å². The van der Waals surface area contributed by atoms with E-state index in [-0.39, 0.29) is 5.69 Å². The molecule has 23 heavy (non-hydrogen) atoms. The average Bonchev–Trinajstić information content (AvgIpc) is 2.52. The number of rotatable bonds is 2. The van der Waals surface area contributed by atoms with E-state index in [0.29, 0.717) is 11.1 Å². The van der Waals surface area contributed by atoms with E-state index in [1.54, 1.807) is 12.1 Å². The lowest BCUT2D eigenvalue weighted by Gasteiger charge is -2.11. The number of hydrogen-bond donors (Lipinski definition) is 0. The van der Waals surface area contributed by atoms with E-state index in [9.17, 15) is 14.9 Å². The van der Waals surface area contributed by atoms with Crippen molar-refractivity contribution < 1.29 is 9.34 Å². The summed E-state index contributed by atoms with van der Waals surface area (Å²) in [6.45, 7) is 3.86. The van der Waals surface area contributed by atoms with Gasteiger partial charge in [0, 0.05) is 33.6 Å². The highest BCUT2D eigenvalue weighted by Gasteiger charge is 2.15. The number of nitro groups is 1. The largest absolute Gasteiger partial charge is 0.423 e. The molecule has 1 aromatic heterocycles. The smallest absolute Gasteiger partial charge is 0.336 e. The van der Waals surface area contributed by atoms with Gasteiger partial charge >= 0.3 is 5.63 Å². The molecule has 0 radical (unpaired) electrons. The van der Waals surface area contributed by atoms with Crippen molar-refractivity contribution in [1.82, 2.24) is 0 Å². The molecule has 0 saturated heterocycles. The molecule has 5 nitrogen and oxygen atoms in total. The number of benzene rings is 2. The highest BCUT2D eigenvalue weighted by atomic mass is 79.9. The zero-order valence-corrected chi connectivity index (χ0v) is 14.0. The molecule has 0 N–H and O–H groups in total. The summed E-state index contributed by atoms with van der Waals surface area (Å²) in [6, 6.07) is 9.35. The second-order valence-electron chi connectivity index (χ2n) is 5.29. The molecule has 3 rings (SSSR count). The van der Waals surface area contributed by atoms with Gasteiger partial charge < -0.3 is 4.42 Å². The van der Waals surface area contributed by atoms with Crippen LogP contribution in [-0.4, -0.2) is 4.92 Å². The van der Waals surface area contributed by atoms with Crippen LogP contribution < -0.4 is 5.63 Å². The van der Waals surface area contributed by atoms with Crippen LogP contribution in [0.2, 0.25) is 0 Å². The van der Waals surface area contributed by atoms with Crippen molar-refractivity contribution in [1.29, 1.82) is 0 Å². The fraction of sp³-hybridized carbons (Fsp3) is 0.118. The van der Waals surface area contributed by atoms with Crippen LogP contribution in [0.25, 0.3) is 22.1 Å². The van der Waals surface area contributed by atoms with E-state index >= 15 is 0 Å². The van der Waals surface area contributed by atoms with Crippen molar-refractivity contribution in [2.24, 2.45) is 0 Å². The van der Waals surface area contributed by atoms with E-state index in [1.165, 1.54) is 18.2 Å². The Bertz CT molecular complexity index is 990. The Hall–Kier alpha value is -2.47. The fourth-order valence-corrected chi connectivity index (χ4v) is 2.97. The summed E-state index contributed by atoms with van der Waals surface area (Å²) in [5, 5.41) is 11.6. The maximum atomic E-state index is 11.9. The Morgan fingerprint density at radius 3 is 2.39 bits per heavy atom. The average molecular weight is 374 g/mol. The number of nitro benzene ring substituents is 1. The molecule has 1 heterocycles. The van der Waals surface area contributed by atoms with Gasteiger partial charge in [0.05, 0.1) is 4.92 Å². The molecule has 2 aromatic carbocycles. The van der Waals surface area contributed by atoms with Gasteiger partial charge in [0.1, 0.15) is 5.58 Å². The van der Waals surface area contributed by atoms with Gasteiger partial charge in [-0.25, -0.2) is 4.79 Å². The number of fused-ring (bicyclic) bond motifs is 1. The molecule has 0 unspecified atom stereocenters. The van der Waals surface area contributed by atoms with Gasteiger partial charge in [0.2, 0.25) is 0 Å². The van der Waals surface area contributed by atoms with E-state index in [2.05, 4.69) is 15.9 Å². The second-order valence-corrected chi connectivity index (χ2v) is 6.08. The van der Waals surface area contributed by atoms with Gasteiger partial charge in [-0.15, -0.1) is 0 Å². The standard InChI is InChI=1S/C17H12BrNO4/c1-9-7-14-16(10(2)17(9)18)13(8-15(20)23-14)11-3-5-12(6-4-11)19(21)22/h3-8H,1-2H3. The van der Waals surface area contributed by atoms with Crippen molar-refractivity contribution in [3.05, 3.63) is 72.5 Å². The Labute approximate surface area is 139 Å². The molecular weight excluding hydrogens is 362 g/mol. The summed E-state index contributed by atoms with van der Waals surface area (Å²) in [7, 11) is 0. The van der Waals surface area contributed by atoms with Crippen LogP contribution in [0.4, 0.5) is 5.69 Å². The summed E-state index contributed by atoms with van der Waals surface area (Å²) >= 11 is 3.55. The molecule has 0 bridgehead atoms. The zero-order valence-electron chi connectivity index (χ0n) is 12.4. The molecule has 0 spiro atoms. The van der Waals surface area contributed by atoms with Crippen LogP contribution in [-0.2, 0) is 0 Å². The Morgan fingerprint density at radius 2 is 1.78 bits per heavy atom. The SMILES string of the molecule is Cc1cc2oc(=O)cc(-c3ccc([N+](=O)[O-])cc3)c2c(C)c1Br. The van der Waals surface area contributed by atoms with E-state index < -0.39 is 10.5 Å². The van der Waals surface area contributed by atoms with Crippen LogP contribution in [0.1, 0.15) is 11.1 Å². The first kappa shape index (κ1) is 15.4. The normalized spacial score (nSPS) is 10.9. The van der Waals surface area contributed by atoms with Gasteiger partial charge in [-0.1, -0.05) is 15.9 Å². The molecular formula is C17H12BrNO4. The number of nitrogens with zero attached hydrogens (tertiary/aromatic N) is 1. The molecule has 0 aliphatic heterocycles. The third kappa shape index (κ3) is 2.66. The van der Waals surface area contributed by atoms with Crippen molar-refractivity contribution in [2.45, 2.75) is 13.8 Å². The minimum Gasteiger partial charge on any atom is -0.423 e. The quantitative estimate of drug-likeness (QED) is 0.369. The molecule has 0 amide bonds. The van der Waals surface area contributed by atoms with Gasteiger partial charge in [-0.2, -0.15) is 0 Å². The van der Waals surface area contributed by atoms with Crippen LogP contribution >= 0.6 is 15.9 Å². The van der Waals surface area contributed by atoms with Crippen molar-refractivity contribution in [3.8, 4) is 11.1 Å². The van der Waals surface area contributed by atoms with Gasteiger partial charge in [0.25, 0.3) is 5.69 Å². The maximum absolute atomic E-state index is 11.9. The lowest BCUT2D eigenvalue weighted by Crippen LogP contribution is -2.00. The van der Waals surface area contributed by atoms with Crippen LogP contribution in [0, 0.1) is 24.0 Å². The Balaban J connectivity index is 2.34. The molecule has 116 valence electrons. The number of aryl methyl sites for hydroxylation is 2. The van der Waals surface area contributed by atoms with E-state index in [0.717, 1.165) is 26.5 Å². The Morgan fingerprint density at radius 1 is 1.13 bits per heavy atom. The minimum atomic E-state index is -0.452. The predicted octanol–water partition coefficient (Wildman–Crippen LogP) is 4.75. The molecule has 0 saturated carbocycles. The maximum Gasteiger partial charge on any atom is 0.336 e. The molecule has 3 aromatic rings. The monoisotopic (exact) mass is 373 g/mol. The van der Waals surface area contributed by atoms with Gasteiger partial charge in [0.15, 0.2) is 0 Å². The summed E-state index contributed by atoms with van der Waals surface area (Å²) in [6.07, 6.45) is 0. The summed E-state index contributed by atoms with van der Waals surface area (Å²) in [4.78, 5) is 22.2. The van der Waals surface area contributed by atoms with Crippen LogP contribution in [0.15, 0.2) is 50.1 Å². The molecule has 0 aliphatic carbocycles. The lowest BCUT2D eigenvalue weighted by molar-refractivity contribution is -0.384. The zero-order chi connectivity index (χ0) is 16.7. The first-order valence-electron chi connectivity index (χ1n) is 6.87. The summed E-state index contributed by atoms with van der Waals surface area (Å²) < 4.78 is 6.26. The first-order chi connectivity index (χ1) is 10.9. The fourth-order valence-electron chi connectivity index (χ4n) is 2.66. The highest BCUT2D eigenvalue weighted by Crippen LogP contribution is 2.35. The third-order valence-electron chi connectivity index (χ3n) is 3.78. The van der Waals surface area contributed by atoms with Crippen LogP contribution in [0.5, 0.6) is 0 Å². The lowest BCUT2D eigenvalue weighted by atomic mass is 9.97. The molecule has 0 atom stereocenters. The highest BCUT2D eigenvalue weighted by molar-refractivity contribution is 9.10. The number of hydrogen-bond acceptors (Lipinski definition) is 4. The minimum absolute atomic E-state index is 0.00904. The summed E-state index contributed by atoms with van der Waals surface area (Å²) in [5.41, 5.74) is 3.42. The van der Waals surface area contributed by atoms with E-state index in [1.807, 2.05) is 19.9 Å². The van der Waals surface area contributed by atoms with Crippen molar-refractivity contribution in [3.63, 3.8) is 0 Å². The van der Waals surface area contributed by atoms with Crippen molar-refractivity contribution >= 4 is 32.6 Å². The van der Waals surface area contributed by atoms with Gasteiger partial charge in [-0.3, -0.25) is 10.1 Å². The molecule has 6 heteroatoms. The van der Waals surface area contributed by atoms with Crippen LogP contribution in [0.3, 0.4) is 0 Å². The molecule has 0 fully saturated rings. The molecule has 0 aliphatic rings. The second kappa shape index (κ2) is 5.62. The first-order valence-corrected chi connectivity index (χ1v) is 7.66.